The number of aryl methyl sites for hydroxylation is 2. The molecule has 2 rings (SSSR count). The van der Waals surface area contributed by atoms with Gasteiger partial charge in [0, 0.05) is 19.2 Å². The van der Waals surface area contributed by atoms with E-state index in [0.29, 0.717) is 30.0 Å². The molecule has 2 atom stereocenters. The Morgan fingerprint density at radius 1 is 1.26 bits per heavy atom. The summed E-state index contributed by atoms with van der Waals surface area (Å²) >= 11 is 0. The molecule has 0 spiro atoms. The number of amides is 1. The van der Waals surface area contributed by atoms with Crippen LogP contribution < -0.4 is 5.63 Å². The van der Waals surface area contributed by atoms with Crippen LogP contribution in [-0.2, 0) is 4.74 Å². The van der Waals surface area contributed by atoms with Crippen LogP contribution in [0.15, 0.2) is 15.3 Å². The summed E-state index contributed by atoms with van der Waals surface area (Å²) in [6.45, 7) is 8.41. The van der Waals surface area contributed by atoms with Gasteiger partial charge in [0.1, 0.15) is 5.76 Å². The minimum absolute atomic E-state index is 0.0176. The smallest absolute Gasteiger partial charge is 0.336 e. The van der Waals surface area contributed by atoms with Crippen LogP contribution in [0.2, 0.25) is 0 Å². The third-order valence-corrected chi connectivity index (χ3v) is 3.26. The van der Waals surface area contributed by atoms with Crippen molar-refractivity contribution in [3.05, 3.63) is 33.4 Å². The monoisotopic (exact) mass is 265 g/mol. The maximum absolute atomic E-state index is 12.6. The largest absolute Gasteiger partial charge is 0.427 e. The molecule has 1 aliphatic rings. The topological polar surface area (TPSA) is 59.8 Å². The molecule has 1 aromatic rings. The van der Waals surface area contributed by atoms with E-state index in [1.54, 1.807) is 18.7 Å². The first-order chi connectivity index (χ1) is 8.88. The first kappa shape index (κ1) is 13.8. The highest BCUT2D eigenvalue weighted by molar-refractivity contribution is 5.96. The number of carbonyl (C=O) groups is 1. The molecule has 5 nitrogen and oxygen atoms in total. The van der Waals surface area contributed by atoms with E-state index in [1.165, 1.54) is 6.07 Å². The van der Waals surface area contributed by atoms with Crippen molar-refractivity contribution < 1.29 is 13.9 Å². The number of hydrogen-bond donors (Lipinski definition) is 0. The number of carbonyl (C=O) groups excluding carboxylic acids is 1. The van der Waals surface area contributed by atoms with E-state index in [1.807, 2.05) is 13.8 Å². The summed E-state index contributed by atoms with van der Waals surface area (Å²) in [4.78, 5) is 25.6. The molecular weight excluding hydrogens is 246 g/mol. The Labute approximate surface area is 112 Å². The zero-order chi connectivity index (χ0) is 14.2. The second-order valence-corrected chi connectivity index (χ2v) is 5.15. The first-order valence-corrected chi connectivity index (χ1v) is 6.44. The molecule has 2 unspecified atom stereocenters. The van der Waals surface area contributed by atoms with Gasteiger partial charge in [-0.05, 0) is 33.3 Å². The average Bonchev–Trinajstić information content (AvgIpc) is 2.25. The van der Waals surface area contributed by atoms with Crippen LogP contribution in [0.25, 0.3) is 0 Å². The summed E-state index contributed by atoms with van der Waals surface area (Å²) < 4.78 is 10.6. The summed E-state index contributed by atoms with van der Waals surface area (Å²) in [5, 5.41) is 0. The third kappa shape index (κ3) is 2.87. The molecular formula is C14H19NO4. The lowest BCUT2D eigenvalue weighted by atomic mass is 10.1. The fraction of sp³-hybridized carbons (Fsp3) is 0.571. The maximum Gasteiger partial charge on any atom is 0.336 e. The zero-order valence-corrected chi connectivity index (χ0v) is 11.7. The number of morpholine rings is 1. The SMILES string of the molecule is Cc1cc(=O)oc(C)c1C(=O)N1CC(C)OC(C)C1. The van der Waals surface area contributed by atoms with E-state index in [-0.39, 0.29) is 18.1 Å². The molecule has 104 valence electrons. The molecule has 0 N–H and O–H groups in total. The van der Waals surface area contributed by atoms with Gasteiger partial charge in [-0.1, -0.05) is 0 Å². The van der Waals surface area contributed by atoms with Crippen LogP contribution in [0, 0.1) is 13.8 Å². The van der Waals surface area contributed by atoms with E-state index in [9.17, 15) is 9.59 Å². The van der Waals surface area contributed by atoms with Crippen molar-refractivity contribution in [1.29, 1.82) is 0 Å². The van der Waals surface area contributed by atoms with Gasteiger partial charge in [-0.25, -0.2) is 4.79 Å². The van der Waals surface area contributed by atoms with Crippen LogP contribution in [0.5, 0.6) is 0 Å². The third-order valence-electron chi connectivity index (χ3n) is 3.26. The summed E-state index contributed by atoms with van der Waals surface area (Å²) in [5.74, 6) is 0.280. The Balaban J connectivity index is 2.32. The minimum Gasteiger partial charge on any atom is -0.427 e. The van der Waals surface area contributed by atoms with Crippen LogP contribution in [0.3, 0.4) is 0 Å². The Morgan fingerprint density at radius 2 is 1.84 bits per heavy atom. The number of hydrogen-bond acceptors (Lipinski definition) is 4. The predicted molar refractivity (Wildman–Crippen MR) is 70.4 cm³/mol. The van der Waals surface area contributed by atoms with Gasteiger partial charge in [-0.3, -0.25) is 4.79 Å². The van der Waals surface area contributed by atoms with Gasteiger partial charge in [-0.15, -0.1) is 0 Å². The lowest BCUT2D eigenvalue weighted by Gasteiger charge is -2.35. The van der Waals surface area contributed by atoms with Gasteiger partial charge >= 0.3 is 5.63 Å². The van der Waals surface area contributed by atoms with E-state index < -0.39 is 5.63 Å². The first-order valence-electron chi connectivity index (χ1n) is 6.44. The Morgan fingerprint density at radius 3 is 2.37 bits per heavy atom. The fourth-order valence-electron chi connectivity index (χ4n) is 2.58. The Hall–Kier alpha value is -1.62. The quantitative estimate of drug-likeness (QED) is 0.772. The molecule has 1 amide bonds. The molecule has 0 bridgehead atoms. The standard InChI is InChI=1S/C14H19NO4/c1-8-5-12(16)19-11(4)13(8)14(17)15-6-9(2)18-10(3)7-15/h5,9-10H,6-7H2,1-4H3. The zero-order valence-electron chi connectivity index (χ0n) is 11.7. The van der Waals surface area contributed by atoms with Gasteiger partial charge in [0.2, 0.25) is 0 Å². The molecule has 1 saturated heterocycles. The van der Waals surface area contributed by atoms with Crippen LogP contribution in [0.4, 0.5) is 0 Å². The summed E-state index contributed by atoms with van der Waals surface area (Å²) in [6, 6.07) is 1.35. The average molecular weight is 265 g/mol. The molecule has 2 heterocycles. The van der Waals surface area contributed by atoms with Crippen molar-refractivity contribution in [3.63, 3.8) is 0 Å². The van der Waals surface area contributed by atoms with E-state index in [4.69, 9.17) is 9.15 Å². The van der Waals surface area contributed by atoms with E-state index >= 15 is 0 Å². The Kier molecular flexibility index (Phi) is 3.75. The van der Waals surface area contributed by atoms with E-state index in [2.05, 4.69) is 0 Å². The minimum atomic E-state index is -0.421. The van der Waals surface area contributed by atoms with Crippen LogP contribution in [-0.4, -0.2) is 36.1 Å². The molecule has 5 heteroatoms. The molecule has 1 fully saturated rings. The molecule has 1 aromatic heterocycles. The van der Waals surface area contributed by atoms with Crippen molar-refractivity contribution in [1.82, 2.24) is 4.90 Å². The predicted octanol–water partition coefficient (Wildman–Crippen LogP) is 1.51. The van der Waals surface area contributed by atoms with Crippen molar-refractivity contribution in [3.8, 4) is 0 Å². The highest BCUT2D eigenvalue weighted by atomic mass is 16.5. The van der Waals surface area contributed by atoms with Crippen LogP contribution in [0.1, 0.15) is 35.5 Å². The highest BCUT2D eigenvalue weighted by Crippen LogP contribution is 2.18. The molecule has 0 saturated carbocycles. The molecule has 0 radical (unpaired) electrons. The second kappa shape index (κ2) is 5.17. The summed E-state index contributed by atoms with van der Waals surface area (Å²) in [5.41, 5.74) is 0.724. The summed E-state index contributed by atoms with van der Waals surface area (Å²) in [6.07, 6.45) is 0.0352. The lowest BCUT2D eigenvalue weighted by molar-refractivity contribution is -0.0587. The van der Waals surface area contributed by atoms with Gasteiger partial charge in [-0.2, -0.15) is 0 Å². The summed E-state index contributed by atoms with van der Waals surface area (Å²) in [7, 11) is 0. The normalized spacial score (nSPS) is 23.5. The molecule has 0 aliphatic carbocycles. The molecule has 1 aliphatic heterocycles. The van der Waals surface area contributed by atoms with Gasteiger partial charge in [0.15, 0.2) is 0 Å². The lowest BCUT2D eigenvalue weighted by Crippen LogP contribution is -2.48. The van der Waals surface area contributed by atoms with Gasteiger partial charge in [0.25, 0.3) is 5.91 Å². The van der Waals surface area contributed by atoms with Gasteiger partial charge in [0.05, 0.1) is 17.8 Å². The van der Waals surface area contributed by atoms with Crippen molar-refractivity contribution in [2.75, 3.05) is 13.1 Å². The second-order valence-electron chi connectivity index (χ2n) is 5.15. The fourth-order valence-corrected chi connectivity index (χ4v) is 2.58. The number of rotatable bonds is 1. The Bertz CT molecular complexity index is 513. The molecule has 19 heavy (non-hydrogen) atoms. The molecule has 0 aromatic carbocycles. The number of ether oxygens (including phenoxy) is 1. The van der Waals surface area contributed by atoms with E-state index in [0.717, 1.165) is 0 Å². The maximum atomic E-state index is 12.6. The van der Waals surface area contributed by atoms with Crippen molar-refractivity contribution >= 4 is 5.91 Å². The van der Waals surface area contributed by atoms with Gasteiger partial charge < -0.3 is 14.1 Å². The highest BCUT2D eigenvalue weighted by Gasteiger charge is 2.28. The van der Waals surface area contributed by atoms with Crippen LogP contribution >= 0.6 is 0 Å². The van der Waals surface area contributed by atoms with Crippen molar-refractivity contribution in [2.45, 2.75) is 39.9 Å². The van der Waals surface area contributed by atoms with Crippen molar-refractivity contribution in [2.24, 2.45) is 0 Å². The number of nitrogens with zero attached hydrogens (tertiary/aromatic N) is 1.